The van der Waals surface area contributed by atoms with Gasteiger partial charge in [0.2, 0.25) is 0 Å². The van der Waals surface area contributed by atoms with Crippen LogP contribution in [0, 0.1) is 0 Å². The lowest BCUT2D eigenvalue weighted by Crippen LogP contribution is -2.31. The first kappa shape index (κ1) is 17.6. The van der Waals surface area contributed by atoms with Crippen LogP contribution in [0.25, 0.3) is 32.8 Å². The summed E-state index contributed by atoms with van der Waals surface area (Å²) in [5.41, 5.74) is 13.0. The van der Waals surface area contributed by atoms with Gasteiger partial charge in [-0.25, -0.2) is 9.97 Å². The molecule has 142 valence electrons. The number of carbonyl (C=O) groups is 1. The zero-order valence-electron chi connectivity index (χ0n) is 15.6. The van der Waals surface area contributed by atoms with Crippen LogP contribution in [0.15, 0.2) is 66.3 Å². The van der Waals surface area contributed by atoms with Gasteiger partial charge in [-0.1, -0.05) is 30.3 Å². The largest absolute Gasteiger partial charge is 0.383 e. The van der Waals surface area contributed by atoms with Gasteiger partial charge in [-0.3, -0.25) is 4.79 Å². The first-order valence-electron chi connectivity index (χ1n) is 9.36. The second-order valence-corrected chi connectivity index (χ2v) is 7.85. The summed E-state index contributed by atoms with van der Waals surface area (Å²) in [5.74, 6) is 0.460. The molecular weight excluding hydrogens is 380 g/mol. The predicted molar refractivity (Wildman–Crippen MR) is 117 cm³/mol. The van der Waals surface area contributed by atoms with Gasteiger partial charge in [0.1, 0.15) is 10.8 Å². The Morgan fingerprint density at radius 2 is 1.83 bits per heavy atom. The van der Waals surface area contributed by atoms with Crippen LogP contribution in [0.3, 0.4) is 0 Å². The van der Waals surface area contributed by atoms with Crippen LogP contribution in [0.2, 0.25) is 0 Å². The van der Waals surface area contributed by atoms with Crippen LogP contribution < -0.4 is 11.1 Å². The molecule has 1 aliphatic rings. The highest BCUT2D eigenvalue weighted by atomic mass is 32.1. The van der Waals surface area contributed by atoms with Crippen LogP contribution in [0.4, 0.5) is 5.82 Å². The summed E-state index contributed by atoms with van der Waals surface area (Å²) in [6.07, 6.45) is 4.43. The Balaban J connectivity index is 1.57. The van der Waals surface area contributed by atoms with Crippen LogP contribution >= 0.6 is 11.3 Å². The van der Waals surface area contributed by atoms with Crippen molar-refractivity contribution in [3.63, 3.8) is 0 Å². The Bertz CT molecular complexity index is 1220. The van der Waals surface area contributed by atoms with Crippen molar-refractivity contribution in [2.45, 2.75) is 6.42 Å². The highest BCUT2D eigenvalue weighted by Gasteiger charge is 2.18. The minimum atomic E-state index is -0.0170. The Labute approximate surface area is 172 Å². The van der Waals surface area contributed by atoms with Crippen molar-refractivity contribution in [3.8, 4) is 32.8 Å². The molecule has 0 unspecified atom stereocenters. The van der Waals surface area contributed by atoms with Crippen molar-refractivity contribution in [1.82, 2.24) is 15.3 Å². The smallest absolute Gasteiger partial charge is 0.251 e. The minimum absolute atomic E-state index is 0.0170. The van der Waals surface area contributed by atoms with Crippen molar-refractivity contribution in [2.75, 3.05) is 12.3 Å². The number of nitrogen functional groups attached to an aromatic ring is 1. The van der Waals surface area contributed by atoms with E-state index in [1.165, 1.54) is 0 Å². The molecular formula is C23H18N4OS. The van der Waals surface area contributed by atoms with Crippen LogP contribution in [0.1, 0.15) is 15.9 Å². The summed E-state index contributed by atoms with van der Waals surface area (Å²) in [4.78, 5) is 20.9. The average molecular weight is 398 g/mol. The lowest BCUT2D eigenvalue weighted by Gasteiger charge is -2.18. The fourth-order valence-electron chi connectivity index (χ4n) is 3.66. The molecule has 0 saturated heterocycles. The Morgan fingerprint density at radius 1 is 0.931 bits per heavy atom. The molecule has 3 N–H and O–H groups in total. The zero-order valence-corrected chi connectivity index (χ0v) is 16.4. The predicted octanol–water partition coefficient (Wildman–Crippen LogP) is 4.41. The third kappa shape index (κ3) is 3.28. The highest BCUT2D eigenvalue weighted by Crippen LogP contribution is 2.33. The summed E-state index contributed by atoms with van der Waals surface area (Å²) >= 11 is 1.62. The molecule has 0 fully saturated rings. The van der Waals surface area contributed by atoms with E-state index in [1.807, 2.05) is 29.8 Å². The van der Waals surface area contributed by atoms with Crippen molar-refractivity contribution in [3.05, 3.63) is 77.4 Å². The van der Waals surface area contributed by atoms with E-state index in [2.05, 4.69) is 45.6 Å². The topological polar surface area (TPSA) is 80.9 Å². The number of fused-ring (bicyclic) bond motifs is 1. The maximum Gasteiger partial charge on any atom is 0.251 e. The maximum absolute atomic E-state index is 12.0. The first-order valence-corrected chi connectivity index (χ1v) is 10.2. The number of nitrogens with zero attached hydrogens (tertiary/aromatic N) is 2. The summed E-state index contributed by atoms with van der Waals surface area (Å²) in [6.45, 7) is 0.659. The van der Waals surface area contributed by atoms with Crippen molar-refractivity contribution in [2.24, 2.45) is 0 Å². The number of hydrogen-bond donors (Lipinski definition) is 2. The third-order valence-corrected chi connectivity index (χ3v) is 5.96. The Hall–Kier alpha value is -3.51. The second kappa shape index (κ2) is 7.14. The number of benzene rings is 2. The van der Waals surface area contributed by atoms with E-state index in [9.17, 15) is 4.79 Å². The molecule has 1 amide bonds. The van der Waals surface area contributed by atoms with E-state index in [4.69, 9.17) is 5.73 Å². The van der Waals surface area contributed by atoms with Gasteiger partial charge < -0.3 is 11.1 Å². The molecule has 2 aromatic carbocycles. The number of hydrogen-bond acceptors (Lipinski definition) is 5. The van der Waals surface area contributed by atoms with Gasteiger partial charge in [-0.15, -0.1) is 11.3 Å². The fraction of sp³-hybridized carbons (Fsp3) is 0.0870. The van der Waals surface area contributed by atoms with E-state index in [0.717, 1.165) is 50.4 Å². The number of pyridine rings is 1. The molecule has 0 aliphatic carbocycles. The van der Waals surface area contributed by atoms with E-state index in [0.29, 0.717) is 12.4 Å². The molecule has 2 aromatic heterocycles. The average Bonchev–Trinajstić information content (AvgIpc) is 3.29. The van der Waals surface area contributed by atoms with Crippen molar-refractivity contribution >= 4 is 23.1 Å². The van der Waals surface area contributed by atoms with E-state index in [-0.39, 0.29) is 5.91 Å². The molecule has 4 aromatic rings. The van der Waals surface area contributed by atoms with Crippen LogP contribution in [-0.4, -0.2) is 22.4 Å². The number of aromatic nitrogens is 2. The molecule has 0 bridgehead atoms. The Morgan fingerprint density at radius 3 is 2.69 bits per heavy atom. The highest BCUT2D eigenvalue weighted by molar-refractivity contribution is 7.13. The third-order valence-electron chi connectivity index (χ3n) is 5.13. The van der Waals surface area contributed by atoms with Gasteiger partial charge >= 0.3 is 0 Å². The number of carbonyl (C=O) groups excluding carboxylic acids is 1. The number of thiazole rings is 1. The fourth-order valence-corrected chi connectivity index (χ4v) is 4.29. The molecule has 5 rings (SSSR count). The molecule has 0 radical (unpaired) electrons. The van der Waals surface area contributed by atoms with Gasteiger partial charge in [-0.2, -0.15) is 0 Å². The van der Waals surface area contributed by atoms with Gasteiger partial charge in [0.05, 0.1) is 0 Å². The number of amides is 1. The van der Waals surface area contributed by atoms with Crippen LogP contribution in [0.5, 0.6) is 0 Å². The molecule has 1 aliphatic heterocycles. The van der Waals surface area contributed by atoms with E-state index in [1.54, 1.807) is 17.5 Å². The maximum atomic E-state index is 12.0. The van der Waals surface area contributed by atoms with Gasteiger partial charge in [-0.05, 0) is 41.3 Å². The standard InChI is InChI=1S/C23H18N4OS/c24-21-20(15-4-5-19-16(11-15)6-7-25-22(19)28)12-18(13-27-21)14-2-1-3-17(10-14)23-26-8-9-29-23/h1-5,8-13H,6-7H2,(H2,24,27)(H,25,28). The Kier molecular flexibility index (Phi) is 4.33. The number of rotatable bonds is 3. The first-order chi connectivity index (χ1) is 14.2. The summed E-state index contributed by atoms with van der Waals surface area (Å²) in [6, 6.07) is 16.2. The number of nitrogens with two attached hydrogens (primary N) is 1. The molecule has 6 heteroatoms. The zero-order chi connectivity index (χ0) is 19.8. The second-order valence-electron chi connectivity index (χ2n) is 6.95. The van der Waals surface area contributed by atoms with E-state index >= 15 is 0 Å². The molecule has 3 heterocycles. The quantitative estimate of drug-likeness (QED) is 0.536. The normalized spacial score (nSPS) is 13.0. The monoisotopic (exact) mass is 398 g/mol. The SMILES string of the molecule is Nc1ncc(-c2cccc(-c3nccs3)c2)cc1-c1ccc2c(c1)CCNC2=O. The number of anilines is 1. The molecule has 0 saturated carbocycles. The molecule has 0 atom stereocenters. The lowest BCUT2D eigenvalue weighted by molar-refractivity contribution is 0.0946. The minimum Gasteiger partial charge on any atom is -0.383 e. The molecule has 0 spiro atoms. The van der Waals surface area contributed by atoms with Gasteiger partial charge in [0.15, 0.2) is 0 Å². The van der Waals surface area contributed by atoms with E-state index < -0.39 is 0 Å². The van der Waals surface area contributed by atoms with Crippen molar-refractivity contribution < 1.29 is 4.79 Å². The lowest BCUT2D eigenvalue weighted by atomic mass is 9.94. The molecule has 29 heavy (non-hydrogen) atoms. The van der Waals surface area contributed by atoms with Crippen LogP contribution in [-0.2, 0) is 6.42 Å². The van der Waals surface area contributed by atoms with Crippen molar-refractivity contribution in [1.29, 1.82) is 0 Å². The van der Waals surface area contributed by atoms with Gasteiger partial charge in [0, 0.05) is 46.6 Å². The summed E-state index contributed by atoms with van der Waals surface area (Å²) < 4.78 is 0. The van der Waals surface area contributed by atoms with Gasteiger partial charge in [0.25, 0.3) is 5.91 Å². The molecule has 5 nitrogen and oxygen atoms in total. The number of nitrogens with one attached hydrogen (secondary N) is 1. The summed E-state index contributed by atoms with van der Waals surface area (Å²) in [5, 5.41) is 5.84. The summed E-state index contributed by atoms with van der Waals surface area (Å²) in [7, 11) is 0.